The number of aliphatic imine (C=N–C) groups is 2. The minimum absolute atomic E-state index is 0.0288. The molecule has 0 saturated carbocycles. The molecule has 4 rings (SSSR count). The summed E-state index contributed by atoms with van der Waals surface area (Å²) in [5.41, 5.74) is 0.993. The van der Waals surface area contributed by atoms with E-state index in [4.69, 9.17) is 4.99 Å². The van der Waals surface area contributed by atoms with Crippen LogP contribution in [0.3, 0.4) is 0 Å². The standard InChI is InChI=1S/C18H15BrN4S/c19-13-11-21-18-22-16(15-8-4-5-9-20-15)10-17(23(18)12-13)24-14-6-2-1-3-7-14/h1-9,11-12,16-17H,10H2. The van der Waals surface area contributed by atoms with Crippen LogP contribution < -0.4 is 0 Å². The number of nitrogens with zero attached hydrogens (tertiary/aromatic N) is 4. The second-order valence-corrected chi connectivity index (χ2v) is 7.67. The van der Waals surface area contributed by atoms with Gasteiger partial charge in [-0.05, 0) is 40.2 Å². The number of fused-ring (bicyclic) bond motifs is 1. The Kier molecular flexibility index (Phi) is 4.49. The number of hydrogen-bond donors (Lipinski definition) is 0. The molecule has 4 nitrogen and oxygen atoms in total. The van der Waals surface area contributed by atoms with Crippen LogP contribution in [0, 0.1) is 0 Å². The van der Waals surface area contributed by atoms with Gasteiger partial charge in [0.25, 0.3) is 0 Å². The zero-order valence-electron chi connectivity index (χ0n) is 12.8. The number of thioether (sulfide) groups is 1. The predicted molar refractivity (Wildman–Crippen MR) is 102 cm³/mol. The van der Waals surface area contributed by atoms with Crippen molar-refractivity contribution in [2.24, 2.45) is 9.98 Å². The lowest BCUT2D eigenvalue weighted by Gasteiger charge is -2.36. The largest absolute Gasteiger partial charge is 0.303 e. The molecular formula is C18H15BrN4S. The normalized spacial score (nSPS) is 22.6. The van der Waals surface area contributed by atoms with E-state index in [0.717, 1.165) is 22.6 Å². The molecule has 0 saturated heterocycles. The van der Waals surface area contributed by atoms with E-state index in [0.29, 0.717) is 0 Å². The molecule has 1 aromatic carbocycles. The Morgan fingerprint density at radius 3 is 2.71 bits per heavy atom. The van der Waals surface area contributed by atoms with Crippen LogP contribution in [-0.2, 0) is 0 Å². The number of rotatable bonds is 3. The average Bonchev–Trinajstić information content (AvgIpc) is 2.63. The number of aromatic nitrogens is 1. The minimum atomic E-state index is 0.0288. The molecule has 0 N–H and O–H groups in total. The van der Waals surface area contributed by atoms with Crippen LogP contribution in [0.2, 0.25) is 0 Å². The summed E-state index contributed by atoms with van der Waals surface area (Å²) in [6, 6.07) is 16.4. The molecule has 120 valence electrons. The molecule has 0 bridgehead atoms. The third kappa shape index (κ3) is 3.30. The van der Waals surface area contributed by atoms with Crippen molar-refractivity contribution in [3.05, 3.63) is 71.1 Å². The fourth-order valence-electron chi connectivity index (χ4n) is 2.74. The van der Waals surface area contributed by atoms with Gasteiger partial charge in [0.2, 0.25) is 5.96 Å². The van der Waals surface area contributed by atoms with Gasteiger partial charge in [-0.3, -0.25) is 4.98 Å². The van der Waals surface area contributed by atoms with Crippen LogP contribution in [0.1, 0.15) is 18.2 Å². The van der Waals surface area contributed by atoms with Crippen LogP contribution in [0.15, 0.2) is 80.3 Å². The first-order valence-corrected chi connectivity index (χ1v) is 9.37. The van der Waals surface area contributed by atoms with E-state index in [-0.39, 0.29) is 11.4 Å². The van der Waals surface area contributed by atoms with Crippen molar-refractivity contribution in [3.63, 3.8) is 0 Å². The van der Waals surface area contributed by atoms with Gasteiger partial charge in [0.05, 0.1) is 21.6 Å². The van der Waals surface area contributed by atoms with Crippen molar-refractivity contribution in [1.82, 2.24) is 9.88 Å². The molecule has 24 heavy (non-hydrogen) atoms. The van der Waals surface area contributed by atoms with Gasteiger partial charge in [0.1, 0.15) is 0 Å². The highest BCUT2D eigenvalue weighted by atomic mass is 79.9. The van der Waals surface area contributed by atoms with Crippen LogP contribution in [0.4, 0.5) is 0 Å². The maximum absolute atomic E-state index is 4.80. The van der Waals surface area contributed by atoms with Crippen molar-refractivity contribution < 1.29 is 0 Å². The number of allylic oxidation sites excluding steroid dienone is 1. The van der Waals surface area contributed by atoms with Gasteiger partial charge in [-0.1, -0.05) is 24.3 Å². The zero-order valence-corrected chi connectivity index (χ0v) is 15.2. The lowest BCUT2D eigenvalue weighted by molar-refractivity contribution is 0.412. The summed E-state index contributed by atoms with van der Waals surface area (Å²) in [6.07, 6.45) is 6.55. The minimum Gasteiger partial charge on any atom is -0.303 e. The maximum atomic E-state index is 4.80. The second kappa shape index (κ2) is 6.91. The number of benzene rings is 1. The highest BCUT2D eigenvalue weighted by Crippen LogP contribution is 2.38. The summed E-state index contributed by atoms with van der Waals surface area (Å²) >= 11 is 5.35. The van der Waals surface area contributed by atoms with Gasteiger partial charge >= 0.3 is 0 Å². The third-order valence-corrected chi connectivity index (χ3v) is 5.49. The predicted octanol–water partition coefficient (Wildman–Crippen LogP) is 4.62. The molecule has 0 radical (unpaired) electrons. The van der Waals surface area contributed by atoms with Gasteiger partial charge in [-0.25, -0.2) is 9.98 Å². The Morgan fingerprint density at radius 1 is 1.08 bits per heavy atom. The van der Waals surface area contributed by atoms with Crippen molar-refractivity contribution >= 4 is 39.9 Å². The number of pyridine rings is 1. The topological polar surface area (TPSA) is 40.9 Å². The monoisotopic (exact) mass is 398 g/mol. The molecule has 2 atom stereocenters. The molecular weight excluding hydrogens is 384 g/mol. The molecule has 0 amide bonds. The fraction of sp³-hybridized carbons (Fsp3) is 0.167. The van der Waals surface area contributed by atoms with E-state index < -0.39 is 0 Å². The van der Waals surface area contributed by atoms with Crippen molar-refractivity contribution in [2.45, 2.75) is 22.7 Å². The van der Waals surface area contributed by atoms with Crippen molar-refractivity contribution in [1.29, 1.82) is 0 Å². The molecule has 2 aliphatic heterocycles. The number of halogens is 1. The van der Waals surface area contributed by atoms with Gasteiger partial charge in [0, 0.05) is 29.9 Å². The summed E-state index contributed by atoms with van der Waals surface area (Å²) < 4.78 is 0.955. The first-order chi connectivity index (χ1) is 11.8. The first-order valence-electron chi connectivity index (χ1n) is 7.70. The van der Waals surface area contributed by atoms with Crippen LogP contribution >= 0.6 is 27.7 Å². The lowest BCUT2D eigenvalue weighted by Crippen LogP contribution is -2.39. The van der Waals surface area contributed by atoms with Crippen molar-refractivity contribution in [3.8, 4) is 0 Å². The summed E-state index contributed by atoms with van der Waals surface area (Å²) in [5.74, 6) is 0.744. The maximum Gasteiger partial charge on any atom is 0.226 e. The smallest absolute Gasteiger partial charge is 0.226 e. The van der Waals surface area contributed by atoms with E-state index in [1.165, 1.54) is 4.90 Å². The third-order valence-electron chi connectivity index (χ3n) is 3.85. The van der Waals surface area contributed by atoms with E-state index in [9.17, 15) is 0 Å². The average molecular weight is 399 g/mol. The summed E-state index contributed by atoms with van der Waals surface area (Å²) in [7, 11) is 0. The van der Waals surface area contributed by atoms with Crippen LogP contribution in [0.5, 0.6) is 0 Å². The molecule has 0 fully saturated rings. The highest BCUT2D eigenvalue weighted by Gasteiger charge is 2.32. The first kappa shape index (κ1) is 15.6. The highest BCUT2D eigenvalue weighted by molar-refractivity contribution is 9.12. The van der Waals surface area contributed by atoms with Crippen LogP contribution in [-0.4, -0.2) is 27.4 Å². The summed E-state index contributed by atoms with van der Waals surface area (Å²) in [5, 5.41) is 0.219. The quantitative estimate of drug-likeness (QED) is 0.756. The number of guanidine groups is 1. The molecule has 3 heterocycles. The molecule has 2 unspecified atom stereocenters. The van der Waals surface area contributed by atoms with Gasteiger partial charge in [0.15, 0.2) is 0 Å². The summed E-state index contributed by atoms with van der Waals surface area (Å²) in [4.78, 5) is 17.2. The fourth-order valence-corrected chi connectivity index (χ4v) is 4.24. The second-order valence-electron chi connectivity index (χ2n) is 5.50. The molecule has 2 aliphatic rings. The Hall–Kier alpha value is -1.92. The van der Waals surface area contributed by atoms with E-state index in [1.54, 1.807) is 6.21 Å². The Labute approximate surface area is 153 Å². The van der Waals surface area contributed by atoms with Gasteiger partial charge in [-0.2, -0.15) is 0 Å². The molecule has 0 aliphatic carbocycles. The molecule has 2 aromatic rings. The Bertz CT molecular complexity index is 804. The van der Waals surface area contributed by atoms with Crippen LogP contribution in [0.25, 0.3) is 0 Å². The number of hydrogen-bond acceptors (Lipinski definition) is 5. The summed E-state index contributed by atoms with van der Waals surface area (Å²) in [6.45, 7) is 0. The Morgan fingerprint density at radius 2 is 1.92 bits per heavy atom. The molecule has 0 spiro atoms. The zero-order chi connectivity index (χ0) is 16.4. The van der Waals surface area contributed by atoms with Crippen molar-refractivity contribution in [2.75, 3.05) is 0 Å². The molecule has 1 aromatic heterocycles. The van der Waals surface area contributed by atoms with Gasteiger partial charge < -0.3 is 4.90 Å². The Balaban J connectivity index is 1.67. The SMILES string of the molecule is BrC1=CN2C(=NC(c3ccccn3)CC2Sc2ccccc2)N=C1. The lowest BCUT2D eigenvalue weighted by atomic mass is 10.1. The molecule has 6 heteroatoms. The van der Waals surface area contributed by atoms with E-state index in [1.807, 2.05) is 42.2 Å². The van der Waals surface area contributed by atoms with E-state index >= 15 is 0 Å². The van der Waals surface area contributed by atoms with Gasteiger partial charge in [-0.15, -0.1) is 11.8 Å². The van der Waals surface area contributed by atoms with E-state index in [2.05, 4.69) is 61.3 Å².